The van der Waals surface area contributed by atoms with Gasteiger partial charge in [-0.2, -0.15) is 0 Å². The zero-order chi connectivity index (χ0) is 13.7. The normalized spacial score (nSPS) is 10.2. The largest absolute Gasteiger partial charge is 0.373 e. The minimum Gasteiger partial charge on any atom is -0.373 e. The number of aryl methyl sites for hydroxylation is 1. The highest BCUT2D eigenvalue weighted by Gasteiger charge is 2.07. The fourth-order valence-electron chi connectivity index (χ4n) is 1.76. The lowest BCUT2D eigenvalue weighted by Gasteiger charge is -2.07. The van der Waals surface area contributed by atoms with E-state index in [0.29, 0.717) is 17.9 Å². The Morgan fingerprint density at radius 1 is 1.42 bits per heavy atom. The second kappa shape index (κ2) is 5.99. The Morgan fingerprint density at radius 2 is 2.26 bits per heavy atom. The molecule has 0 aromatic carbocycles. The van der Waals surface area contributed by atoms with Crippen molar-refractivity contribution in [1.82, 2.24) is 20.3 Å². The fourth-order valence-corrected chi connectivity index (χ4v) is 1.76. The summed E-state index contributed by atoms with van der Waals surface area (Å²) >= 11 is 0. The maximum atomic E-state index is 12.0. The number of carbonyl (C=O) groups is 1. The first kappa shape index (κ1) is 13.1. The molecule has 6 nitrogen and oxygen atoms in total. The highest BCUT2D eigenvalue weighted by Crippen LogP contribution is 2.09. The first-order valence-electron chi connectivity index (χ1n) is 6.11. The van der Waals surface area contributed by atoms with Crippen molar-refractivity contribution in [2.75, 3.05) is 18.9 Å². The van der Waals surface area contributed by atoms with Crippen LogP contribution in [0.15, 0.2) is 24.7 Å². The number of carbonyl (C=O) groups excluding carboxylic acids is 1. The van der Waals surface area contributed by atoms with Gasteiger partial charge in [-0.25, -0.2) is 9.97 Å². The third kappa shape index (κ3) is 3.54. The molecule has 0 spiro atoms. The average molecular weight is 259 g/mol. The quantitative estimate of drug-likeness (QED) is 0.751. The van der Waals surface area contributed by atoms with E-state index in [1.807, 2.05) is 6.92 Å². The van der Waals surface area contributed by atoms with Gasteiger partial charge in [-0.3, -0.25) is 4.79 Å². The number of H-pyrrole nitrogens is 1. The predicted octanol–water partition coefficient (Wildman–Crippen LogP) is 1.13. The van der Waals surface area contributed by atoms with Crippen LogP contribution in [-0.2, 0) is 6.42 Å². The Labute approximate surface area is 111 Å². The molecule has 3 N–H and O–H groups in total. The van der Waals surface area contributed by atoms with Crippen LogP contribution in [0.5, 0.6) is 0 Å². The molecule has 0 radical (unpaired) electrons. The van der Waals surface area contributed by atoms with E-state index in [1.165, 1.54) is 0 Å². The van der Waals surface area contributed by atoms with Gasteiger partial charge in [0.2, 0.25) is 0 Å². The molecule has 0 aliphatic carbocycles. The molecule has 0 unspecified atom stereocenters. The Kier molecular flexibility index (Phi) is 4.12. The lowest BCUT2D eigenvalue weighted by molar-refractivity contribution is 0.0954. The van der Waals surface area contributed by atoms with Crippen molar-refractivity contribution in [2.45, 2.75) is 13.3 Å². The van der Waals surface area contributed by atoms with Crippen molar-refractivity contribution < 1.29 is 4.79 Å². The summed E-state index contributed by atoms with van der Waals surface area (Å²) in [5.41, 5.74) is 2.43. The maximum Gasteiger partial charge on any atom is 0.251 e. The van der Waals surface area contributed by atoms with Crippen molar-refractivity contribution in [2.24, 2.45) is 0 Å². The molecule has 0 saturated carbocycles. The van der Waals surface area contributed by atoms with E-state index in [1.54, 1.807) is 31.7 Å². The summed E-state index contributed by atoms with van der Waals surface area (Å²) in [6.45, 7) is 2.43. The number of nitrogens with zero attached hydrogens (tertiary/aromatic N) is 2. The van der Waals surface area contributed by atoms with Crippen LogP contribution in [0.2, 0.25) is 0 Å². The summed E-state index contributed by atoms with van der Waals surface area (Å²) in [5.74, 6) is 0.597. The number of rotatable bonds is 5. The molecular weight excluding hydrogens is 242 g/mol. The molecule has 0 fully saturated rings. The summed E-state index contributed by atoms with van der Waals surface area (Å²) < 4.78 is 0. The smallest absolute Gasteiger partial charge is 0.251 e. The van der Waals surface area contributed by atoms with Crippen LogP contribution >= 0.6 is 0 Å². The SMILES string of the molecule is CNc1cc(C(=O)NCCc2cnc[nH]2)cc(C)n1. The second-order valence-electron chi connectivity index (χ2n) is 4.22. The number of amides is 1. The minimum atomic E-state index is -0.0958. The van der Waals surface area contributed by atoms with E-state index in [9.17, 15) is 4.79 Å². The van der Waals surface area contributed by atoms with Crippen molar-refractivity contribution >= 4 is 11.7 Å². The Bertz CT molecular complexity index is 550. The highest BCUT2D eigenvalue weighted by molar-refractivity contribution is 5.94. The summed E-state index contributed by atoms with van der Waals surface area (Å²) in [7, 11) is 1.78. The van der Waals surface area contributed by atoms with E-state index in [-0.39, 0.29) is 5.91 Å². The van der Waals surface area contributed by atoms with E-state index >= 15 is 0 Å². The Balaban J connectivity index is 1.94. The number of aromatic amines is 1. The minimum absolute atomic E-state index is 0.0958. The molecule has 2 aromatic rings. The van der Waals surface area contributed by atoms with Gasteiger partial charge in [-0.15, -0.1) is 0 Å². The molecule has 6 heteroatoms. The second-order valence-corrected chi connectivity index (χ2v) is 4.22. The highest BCUT2D eigenvalue weighted by atomic mass is 16.1. The predicted molar refractivity (Wildman–Crippen MR) is 73.1 cm³/mol. The molecule has 0 aliphatic rings. The molecule has 2 heterocycles. The molecular formula is C13H17N5O. The molecule has 2 aromatic heterocycles. The van der Waals surface area contributed by atoms with Crippen molar-refractivity contribution in [1.29, 1.82) is 0 Å². The number of hydrogen-bond acceptors (Lipinski definition) is 4. The Hall–Kier alpha value is -2.37. The molecule has 19 heavy (non-hydrogen) atoms. The Morgan fingerprint density at radius 3 is 2.95 bits per heavy atom. The third-order valence-corrected chi connectivity index (χ3v) is 2.71. The zero-order valence-corrected chi connectivity index (χ0v) is 11.0. The topological polar surface area (TPSA) is 82.7 Å². The molecule has 0 saturated heterocycles. The first-order valence-corrected chi connectivity index (χ1v) is 6.11. The van der Waals surface area contributed by atoms with Gasteiger partial charge in [0.15, 0.2) is 0 Å². The summed E-state index contributed by atoms with van der Waals surface area (Å²) in [5, 5.41) is 5.81. The van der Waals surface area contributed by atoms with Crippen LogP contribution in [0.1, 0.15) is 21.7 Å². The van der Waals surface area contributed by atoms with Crippen LogP contribution in [0.4, 0.5) is 5.82 Å². The van der Waals surface area contributed by atoms with Crippen LogP contribution in [-0.4, -0.2) is 34.5 Å². The first-order chi connectivity index (χ1) is 9.19. The van der Waals surface area contributed by atoms with Crippen LogP contribution in [0.25, 0.3) is 0 Å². The monoisotopic (exact) mass is 259 g/mol. The fraction of sp³-hybridized carbons (Fsp3) is 0.308. The van der Waals surface area contributed by atoms with Gasteiger partial charge in [0.1, 0.15) is 5.82 Å². The van der Waals surface area contributed by atoms with Crippen molar-refractivity contribution in [3.8, 4) is 0 Å². The van der Waals surface area contributed by atoms with Gasteiger partial charge in [0.05, 0.1) is 6.33 Å². The van der Waals surface area contributed by atoms with E-state index in [4.69, 9.17) is 0 Å². The average Bonchev–Trinajstić information content (AvgIpc) is 2.91. The van der Waals surface area contributed by atoms with Crippen molar-refractivity contribution in [3.63, 3.8) is 0 Å². The molecule has 1 amide bonds. The summed E-state index contributed by atoms with van der Waals surface area (Å²) in [6, 6.07) is 3.50. The lowest BCUT2D eigenvalue weighted by atomic mass is 10.2. The van der Waals surface area contributed by atoms with Crippen LogP contribution in [0, 0.1) is 6.92 Å². The summed E-state index contributed by atoms with van der Waals surface area (Å²) in [6.07, 6.45) is 4.11. The zero-order valence-electron chi connectivity index (χ0n) is 11.0. The van der Waals surface area contributed by atoms with Crippen molar-refractivity contribution in [3.05, 3.63) is 41.6 Å². The van der Waals surface area contributed by atoms with E-state index < -0.39 is 0 Å². The molecule has 0 atom stereocenters. The number of aromatic nitrogens is 3. The molecule has 0 bridgehead atoms. The molecule has 100 valence electrons. The number of pyridine rings is 1. The van der Waals surface area contributed by atoms with E-state index in [0.717, 1.165) is 17.8 Å². The number of nitrogens with one attached hydrogen (secondary N) is 3. The van der Waals surface area contributed by atoms with Crippen LogP contribution < -0.4 is 10.6 Å². The van der Waals surface area contributed by atoms with Gasteiger partial charge in [-0.05, 0) is 19.1 Å². The van der Waals surface area contributed by atoms with Crippen LogP contribution in [0.3, 0.4) is 0 Å². The van der Waals surface area contributed by atoms with Gasteiger partial charge >= 0.3 is 0 Å². The van der Waals surface area contributed by atoms with Gasteiger partial charge in [-0.1, -0.05) is 0 Å². The molecule has 2 rings (SSSR count). The number of imidazole rings is 1. The van der Waals surface area contributed by atoms with E-state index in [2.05, 4.69) is 25.6 Å². The van der Waals surface area contributed by atoms with Gasteiger partial charge < -0.3 is 15.6 Å². The standard InChI is InChI=1S/C13H17N5O/c1-9-5-10(6-12(14-2)18-9)13(19)16-4-3-11-7-15-8-17-11/h5-8H,3-4H2,1-2H3,(H,14,18)(H,15,17)(H,16,19). The lowest BCUT2D eigenvalue weighted by Crippen LogP contribution is -2.26. The summed E-state index contributed by atoms with van der Waals surface area (Å²) in [4.78, 5) is 23.2. The van der Waals surface area contributed by atoms with Gasteiger partial charge in [0.25, 0.3) is 5.91 Å². The number of hydrogen-bond donors (Lipinski definition) is 3. The third-order valence-electron chi connectivity index (χ3n) is 2.71. The maximum absolute atomic E-state index is 12.0. The van der Waals surface area contributed by atoms with Gasteiger partial charge in [0, 0.05) is 43.2 Å². The molecule has 0 aliphatic heterocycles. The number of anilines is 1.